The van der Waals surface area contributed by atoms with Crippen molar-refractivity contribution in [1.29, 1.82) is 0 Å². The largest absolute Gasteiger partial charge is 0.433 e. The Kier molecular flexibility index (Phi) is 4.52. The summed E-state index contributed by atoms with van der Waals surface area (Å²) in [4.78, 5) is 12.2. The fourth-order valence-electron chi connectivity index (χ4n) is 1.86. The van der Waals surface area contributed by atoms with Crippen LogP contribution in [0, 0.1) is 6.92 Å². The second kappa shape index (κ2) is 6.34. The molecule has 1 N–H and O–H groups in total. The standard InChI is InChI=1S/C14H15F2N3O2/c1-3-19-8-10(9(2)18-19)13(20)17-11-6-4-5-7-12(11)21-14(15)16/h4-8,14H,3H2,1-2H3,(H,17,20). The molecule has 1 heterocycles. The zero-order valence-corrected chi connectivity index (χ0v) is 11.6. The summed E-state index contributed by atoms with van der Waals surface area (Å²) in [5.74, 6) is -0.501. The van der Waals surface area contributed by atoms with Crippen LogP contribution in [0.5, 0.6) is 5.75 Å². The van der Waals surface area contributed by atoms with Crippen molar-refractivity contribution in [3.05, 3.63) is 41.7 Å². The van der Waals surface area contributed by atoms with Crippen molar-refractivity contribution in [1.82, 2.24) is 9.78 Å². The minimum Gasteiger partial charge on any atom is -0.433 e. The Balaban J connectivity index is 2.21. The van der Waals surface area contributed by atoms with Crippen molar-refractivity contribution < 1.29 is 18.3 Å². The Morgan fingerprint density at radius 3 is 2.76 bits per heavy atom. The molecule has 21 heavy (non-hydrogen) atoms. The van der Waals surface area contributed by atoms with Crippen LogP contribution in [0.25, 0.3) is 0 Å². The minimum absolute atomic E-state index is 0.0820. The van der Waals surface area contributed by atoms with Gasteiger partial charge in [-0.2, -0.15) is 13.9 Å². The topological polar surface area (TPSA) is 56.2 Å². The molecule has 0 unspecified atom stereocenters. The summed E-state index contributed by atoms with van der Waals surface area (Å²) < 4.78 is 30.7. The fraction of sp³-hybridized carbons (Fsp3) is 0.286. The molecule has 1 aromatic heterocycles. The molecule has 112 valence electrons. The van der Waals surface area contributed by atoms with Crippen LogP contribution in [-0.4, -0.2) is 22.3 Å². The van der Waals surface area contributed by atoms with Gasteiger partial charge >= 0.3 is 6.61 Å². The third-order valence-electron chi connectivity index (χ3n) is 2.87. The van der Waals surface area contributed by atoms with E-state index in [4.69, 9.17) is 0 Å². The number of carbonyl (C=O) groups is 1. The average Bonchev–Trinajstić information content (AvgIpc) is 2.82. The highest BCUT2D eigenvalue weighted by atomic mass is 19.3. The van der Waals surface area contributed by atoms with Gasteiger partial charge in [0.2, 0.25) is 0 Å². The van der Waals surface area contributed by atoms with E-state index in [-0.39, 0.29) is 11.4 Å². The first-order valence-electron chi connectivity index (χ1n) is 6.40. The van der Waals surface area contributed by atoms with E-state index >= 15 is 0 Å². The van der Waals surface area contributed by atoms with Crippen molar-refractivity contribution in [2.45, 2.75) is 27.0 Å². The molecule has 0 aliphatic rings. The van der Waals surface area contributed by atoms with E-state index in [1.54, 1.807) is 29.9 Å². The molecule has 0 saturated carbocycles. The molecular formula is C14H15F2N3O2. The van der Waals surface area contributed by atoms with E-state index in [1.807, 2.05) is 6.92 Å². The Morgan fingerprint density at radius 1 is 1.43 bits per heavy atom. The monoisotopic (exact) mass is 295 g/mol. The minimum atomic E-state index is -2.95. The second-order valence-corrected chi connectivity index (χ2v) is 4.31. The molecule has 2 aromatic rings. The van der Waals surface area contributed by atoms with Gasteiger partial charge in [-0.1, -0.05) is 12.1 Å². The van der Waals surface area contributed by atoms with E-state index in [0.717, 1.165) is 0 Å². The third-order valence-corrected chi connectivity index (χ3v) is 2.87. The summed E-state index contributed by atoms with van der Waals surface area (Å²) in [6, 6.07) is 6.03. The number of hydrogen-bond acceptors (Lipinski definition) is 3. The van der Waals surface area contributed by atoms with Gasteiger partial charge in [0.1, 0.15) is 5.75 Å². The van der Waals surface area contributed by atoms with Crippen molar-refractivity contribution >= 4 is 11.6 Å². The van der Waals surface area contributed by atoms with Gasteiger partial charge in [0.25, 0.3) is 5.91 Å². The number of hydrogen-bond donors (Lipinski definition) is 1. The molecule has 0 fully saturated rings. The SMILES string of the molecule is CCn1cc(C(=O)Nc2ccccc2OC(F)F)c(C)n1. The summed E-state index contributed by atoms with van der Waals surface area (Å²) in [6.45, 7) is 1.30. The summed E-state index contributed by atoms with van der Waals surface area (Å²) in [7, 11) is 0. The summed E-state index contributed by atoms with van der Waals surface area (Å²) >= 11 is 0. The molecule has 0 radical (unpaired) electrons. The van der Waals surface area contributed by atoms with Gasteiger partial charge in [-0.15, -0.1) is 0 Å². The summed E-state index contributed by atoms with van der Waals surface area (Å²) in [5, 5.41) is 6.73. The van der Waals surface area contributed by atoms with Gasteiger partial charge in [-0.05, 0) is 26.0 Å². The maximum atomic E-state index is 12.3. The number of para-hydroxylation sites is 2. The lowest BCUT2D eigenvalue weighted by Gasteiger charge is -2.11. The number of ether oxygens (including phenoxy) is 1. The Hall–Kier alpha value is -2.44. The van der Waals surface area contributed by atoms with E-state index < -0.39 is 12.5 Å². The number of rotatable bonds is 5. The van der Waals surface area contributed by atoms with Gasteiger partial charge < -0.3 is 10.1 Å². The molecule has 0 aliphatic heterocycles. The number of halogens is 2. The number of amides is 1. The van der Waals surface area contributed by atoms with Gasteiger partial charge in [-0.3, -0.25) is 9.48 Å². The fourth-order valence-corrected chi connectivity index (χ4v) is 1.86. The molecular weight excluding hydrogens is 280 g/mol. The number of anilines is 1. The molecule has 0 spiro atoms. The third kappa shape index (κ3) is 3.56. The highest BCUT2D eigenvalue weighted by molar-refractivity contribution is 6.05. The van der Waals surface area contributed by atoms with Gasteiger partial charge in [0.05, 0.1) is 16.9 Å². The number of nitrogens with zero attached hydrogens (tertiary/aromatic N) is 2. The van der Waals surface area contributed by atoms with Crippen molar-refractivity contribution in [3.63, 3.8) is 0 Å². The van der Waals surface area contributed by atoms with Crippen molar-refractivity contribution in [2.24, 2.45) is 0 Å². The number of nitrogens with one attached hydrogen (secondary N) is 1. The molecule has 0 bridgehead atoms. The maximum absolute atomic E-state index is 12.3. The Labute approximate surface area is 120 Å². The predicted octanol–water partition coefficient (Wildman–Crippen LogP) is 3.07. The van der Waals surface area contributed by atoms with E-state index in [1.165, 1.54) is 12.1 Å². The van der Waals surface area contributed by atoms with Crippen LogP contribution in [0.4, 0.5) is 14.5 Å². The number of carbonyl (C=O) groups excluding carboxylic acids is 1. The first-order chi connectivity index (χ1) is 10.0. The number of aryl methyl sites for hydroxylation is 2. The second-order valence-electron chi connectivity index (χ2n) is 4.31. The number of benzene rings is 1. The van der Waals surface area contributed by atoms with Crippen LogP contribution in [0.3, 0.4) is 0 Å². The quantitative estimate of drug-likeness (QED) is 0.922. The van der Waals surface area contributed by atoms with E-state index in [9.17, 15) is 13.6 Å². The predicted molar refractivity (Wildman–Crippen MR) is 73.7 cm³/mol. The van der Waals surface area contributed by atoms with Gasteiger partial charge in [-0.25, -0.2) is 0 Å². The van der Waals surface area contributed by atoms with Crippen LogP contribution < -0.4 is 10.1 Å². The van der Waals surface area contributed by atoms with Gasteiger partial charge in [0, 0.05) is 12.7 Å². The molecule has 0 saturated heterocycles. The first kappa shape index (κ1) is 15.0. The smallest absolute Gasteiger partial charge is 0.387 e. The first-order valence-corrected chi connectivity index (χ1v) is 6.40. The van der Waals surface area contributed by atoms with Crippen molar-refractivity contribution in [2.75, 3.05) is 5.32 Å². The molecule has 7 heteroatoms. The maximum Gasteiger partial charge on any atom is 0.387 e. The summed E-state index contributed by atoms with van der Waals surface area (Å²) in [5.41, 5.74) is 1.15. The van der Waals surface area contributed by atoms with Crippen LogP contribution >= 0.6 is 0 Å². The highest BCUT2D eigenvalue weighted by Gasteiger charge is 2.16. The molecule has 5 nitrogen and oxygen atoms in total. The lowest BCUT2D eigenvalue weighted by molar-refractivity contribution is -0.0493. The van der Waals surface area contributed by atoms with E-state index in [2.05, 4.69) is 15.2 Å². The zero-order valence-electron chi connectivity index (χ0n) is 11.6. The number of aromatic nitrogens is 2. The van der Waals surface area contributed by atoms with Crippen molar-refractivity contribution in [3.8, 4) is 5.75 Å². The molecule has 1 amide bonds. The Bertz CT molecular complexity index is 641. The molecule has 0 atom stereocenters. The number of alkyl halides is 2. The summed E-state index contributed by atoms with van der Waals surface area (Å²) in [6.07, 6.45) is 1.61. The average molecular weight is 295 g/mol. The van der Waals surface area contributed by atoms with Crippen LogP contribution in [0.1, 0.15) is 23.0 Å². The lowest BCUT2D eigenvalue weighted by atomic mass is 10.2. The lowest BCUT2D eigenvalue weighted by Crippen LogP contribution is -2.14. The van der Waals surface area contributed by atoms with E-state index in [0.29, 0.717) is 17.8 Å². The van der Waals surface area contributed by atoms with Gasteiger partial charge in [0.15, 0.2) is 0 Å². The van der Waals surface area contributed by atoms with Crippen LogP contribution in [-0.2, 0) is 6.54 Å². The van der Waals surface area contributed by atoms with Crippen LogP contribution in [0.15, 0.2) is 30.5 Å². The van der Waals surface area contributed by atoms with Crippen LogP contribution in [0.2, 0.25) is 0 Å². The molecule has 2 rings (SSSR count). The zero-order chi connectivity index (χ0) is 15.4. The highest BCUT2D eigenvalue weighted by Crippen LogP contribution is 2.26. The molecule has 0 aliphatic carbocycles. The molecule has 1 aromatic carbocycles. The Morgan fingerprint density at radius 2 is 2.14 bits per heavy atom. The normalized spacial score (nSPS) is 10.7.